The quantitative estimate of drug-likeness (QED) is 0.419. The fourth-order valence-electron chi connectivity index (χ4n) is 4.08. The summed E-state index contributed by atoms with van der Waals surface area (Å²) >= 11 is 1.66. The lowest BCUT2D eigenvalue weighted by molar-refractivity contribution is -0.121. The molecule has 0 bridgehead atoms. The molecular weight excluding hydrogens is 418 g/mol. The minimum absolute atomic E-state index is 0.0205. The molecule has 6 nitrogen and oxygen atoms in total. The smallest absolute Gasteiger partial charge is 0.252 e. The molecule has 32 heavy (non-hydrogen) atoms. The van der Waals surface area contributed by atoms with E-state index in [9.17, 15) is 4.79 Å². The maximum atomic E-state index is 13.0. The van der Waals surface area contributed by atoms with E-state index in [1.54, 1.807) is 15.9 Å². The normalized spacial score (nSPS) is 12.4. The number of hydrogen-bond donors (Lipinski definition) is 1. The van der Waals surface area contributed by atoms with E-state index in [2.05, 4.69) is 64.6 Å². The van der Waals surface area contributed by atoms with Crippen LogP contribution in [0, 0.1) is 19.8 Å². The van der Waals surface area contributed by atoms with E-state index >= 15 is 0 Å². The lowest BCUT2D eigenvalue weighted by Crippen LogP contribution is -2.29. The van der Waals surface area contributed by atoms with Gasteiger partial charge in [-0.25, -0.2) is 9.50 Å². The van der Waals surface area contributed by atoms with Crippen molar-refractivity contribution in [3.63, 3.8) is 0 Å². The summed E-state index contributed by atoms with van der Waals surface area (Å²) < 4.78 is 1.73. The molecule has 0 spiro atoms. The summed E-state index contributed by atoms with van der Waals surface area (Å²) in [6, 6.07) is 12.6. The second-order valence-corrected chi connectivity index (χ2v) is 9.57. The molecule has 0 radical (unpaired) electrons. The highest BCUT2D eigenvalue weighted by atomic mass is 32.1. The van der Waals surface area contributed by atoms with Crippen molar-refractivity contribution in [2.24, 2.45) is 5.92 Å². The number of carbonyl (C=O) groups is 1. The van der Waals surface area contributed by atoms with Crippen LogP contribution in [0.5, 0.6) is 0 Å². The minimum Gasteiger partial charge on any atom is -0.344 e. The molecule has 0 aliphatic heterocycles. The zero-order valence-corrected chi connectivity index (χ0v) is 19.8. The number of aromatic nitrogens is 4. The van der Waals surface area contributed by atoms with E-state index in [-0.39, 0.29) is 11.9 Å². The second-order valence-electron chi connectivity index (χ2n) is 8.59. The Morgan fingerprint density at radius 3 is 2.62 bits per heavy atom. The predicted octanol–water partition coefficient (Wildman–Crippen LogP) is 4.84. The van der Waals surface area contributed by atoms with E-state index in [0.717, 1.165) is 33.8 Å². The van der Waals surface area contributed by atoms with Crippen molar-refractivity contribution in [1.82, 2.24) is 24.9 Å². The predicted molar refractivity (Wildman–Crippen MR) is 128 cm³/mol. The number of nitrogens with zero attached hydrogens (tertiary/aromatic N) is 4. The van der Waals surface area contributed by atoms with Gasteiger partial charge in [0.15, 0.2) is 0 Å². The second kappa shape index (κ2) is 9.61. The molecule has 1 aromatic carbocycles. The Morgan fingerprint density at radius 2 is 1.94 bits per heavy atom. The van der Waals surface area contributed by atoms with Gasteiger partial charge in [-0.1, -0.05) is 44.2 Å². The van der Waals surface area contributed by atoms with Crippen molar-refractivity contribution in [2.75, 3.05) is 0 Å². The van der Waals surface area contributed by atoms with E-state index < -0.39 is 0 Å². The van der Waals surface area contributed by atoms with Gasteiger partial charge in [0.25, 0.3) is 5.78 Å². The van der Waals surface area contributed by atoms with Gasteiger partial charge in [-0.3, -0.25) is 4.79 Å². The van der Waals surface area contributed by atoms with Gasteiger partial charge in [0.05, 0.1) is 6.04 Å². The summed E-state index contributed by atoms with van der Waals surface area (Å²) in [7, 11) is 0. The Kier molecular flexibility index (Phi) is 6.65. The zero-order chi connectivity index (χ0) is 22.7. The van der Waals surface area contributed by atoms with Crippen molar-refractivity contribution >= 4 is 23.0 Å². The van der Waals surface area contributed by atoms with Crippen LogP contribution in [0.4, 0.5) is 0 Å². The lowest BCUT2D eigenvalue weighted by Gasteiger charge is -2.19. The monoisotopic (exact) mass is 447 g/mol. The summed E-state index contributed by atoms with van der Waals surface area (Å²) in [5.41, 5.74) is 5.34. The van der Waals surface area contributed by atoms with Crippen LogP contribution in [-0.2, 0) is 17.6 Å². The van der Waals surface area contributed by atoms with E-state index in [0.29, 0.717) is 24.5 Å². The third-order valence-electron chi connectivity index (χ3n) is 5.68. The van der Waals surface area contributed by atoms with Gasteiger partial charge in [-0.05, 0) is 60.7 Å². The first-order valence-corrected chi connectivity index (χ1v) is 11.9. The average molecular weight is 448 g/mol. The van der Waals surface area contributed by atoms with Crippen LogP contribution in [0.3, 0.4) is 0 Å². The van der Waals surface area contributed by atoms with Gasteiger partial charge in [0.1, 0.15) is 6.33 Å². The van der Waals surface area contributed by atoms with Gasteiger partial charge in [0.2, 0.25) is 5.91 Å². The molecule has 0 aliphatic carbocycles. The Labute approximate surface area is 192 Å². The van der Waals surface area contributed by atoms with Crippen molar-refractivity contribution in [3.8, 4) is 0 Å². The molecule has 3 heterocycles. The van der Waals surface area contributed by atoms with Crippen LogP contribution in [0.1, 0.15) is 59.3 Å². The van der Waals surface area contributed by atoms with Gasteiger partial charge in [0, 0.05) is 22.7 Å². The number of fused-ring (bicyclic) bond motifs is 1. The Morgan fingerprint density at radius 1 is 1.16 bits per heavy atom. The number of carbonyl (C=O) groups excluding carboxylic acids is 1. The number of aryl methyl sites for hydroxylation is 2. The maximum Gasteiger partial charge on any atom is 0.252 e. The Bertz CT molecular complexity index is 1200. The van der Waals surface area contributed by atoms with E-state index in [1.165, 1.54) is 11.9 Å². The first-order chi connectivity index (χ1) is 15.4. The molecule has 1 amide bonds. The molecule has 3 aromatic heterocycles. The lowest BCUT2D eigenvalue weighted by atomic mass is 9.98. The highest BCUT2D eigenvalue weighted by Crippen LogP contribution is 2.27. The molecule has 4 aromatic rings. The van der Waals surface area contributed by atoms with Crippen molar-refractivity contribution < 1.29 is 4.79 Å². The maximum absolute atomic E-state index is 13.0. The van der Waals surface area contributed by atoms with Gasteiger partial charge >= 0.3 is 0 Å². The van der Waals surface area contributed by atoms with E-state index in [1.807, 2.05) is 25.3 Å². The first kappa shape index (κ1) is 22.1. The molecular formula is C25H29N5OS. The fourth-order valence-corrected chi connectivity index (χ4v) is 4.88. The summed E-state index contributed by atoms with van der Waals surface area (Å²) in [5.74, 6) is 1.23. The number of nitrogens with one attached hydrogen (secondary N) is 1. The third-order valence-corrected chi connectivity index (χ3v) is 6.62. The highest BCUT2D eigenvalue weighted by Gasteiger charge is 2.19. The van der Waals surface area contributed by atoms with Gasteiger partial charge in [-0.2, -0.15) is 10.1 Å². The number of hydrogen-bond acceptors (Lipinski definition) is 5. The van der Waals surface area contributed by atoms with Crippen LogP contribution in [0.2, 0.25) is 0 Å². The largest absolute Gasteiger partial charge is 0.344 e. The summed E-state index contributed by atoms with van der Waals surface area (Å²) in [6.07, 6.45) is 3.55. The molecule has 1 N–H and O–H groups in total. The molecule has 4 rings (SSSR count). The van der Waals surface area contributed by atoms with E-state index in [4.69, 9.17) is 0 Å². The van der Waals surface area contributed by atoms with Crippen molar-refractivity contribution in [3.05, 3.63) is 81.1 Å². The number of amides is 1. The number of rotatable bonds is 8. The van der Waals surface area contributed by atoms with Crippen LogP contribution in [0.15, 0.2) is 48.1 Å². The molecule has 166 valence electrons. The van der Waals surface area contributed by atoms with Crippen LogP contribution in [-0.4, -0.2) is 25.5 Å². The summed E-state index contributed by atoms with van der Waals surface area (Å²) in [5, 5.41) is 9.54. The topological polar surface area (TPSA) is 72.2 Å². The Balaban J connectivity index is 1.49. The molecule has 1 atom stereocenters. The van der Waals surface area contributed by atoms with Crippen molar-refractivity contribution in [2.45, 2.75) is 53.0 Å². The highest BCUT2D eigenvalue weighted by molar-refractivity contribution is 7.10. The molecule has 0 saturated heterocycles. The molecule has 7 heteroatoms. The van der Waals surface area contributed by atoms with Gasteiger partial charge < -0.3 is 5.32 Å². The minimum atomic E-state index is -0.145. The molecule has 0 saturated carbocycles. The standard InChI is InChI=1S/C25H29N5OS/c1-16(2)14-19-7-9-20(10-8-19)24(22-6-5-13-32-22)29-23(31)12-11-21-17(3)28-25-26-15-27-30(25)18(21)4/h5-10,13,15-16,24H,11-12,14H2,1-4H3,(H,29,31). The third kappa shape index (κ3) is 4.88. The van der Waals surface area contributed by atoms with Crippen molar-refractivity contribution in [1.29, 1.82) is 0 Å². The SMILES string of the molecule is Cc1nc2ncnn2c(C)c1CCC(=O)NC(c1ccc(CC(C)C)cc1)c1cccs1. The van der Waals surface area contributed by atoms with Crippen LogP contribution >= 0.6 is 11.3 Å². The molecule has 0 fully saturated rings. The zero-order valence-electron chi connectivity index (χ0n) is 19.0. The average Bonchev–Trinajstić information content (AvgIpc) is 3.44. The molecule has 1 unspecified atom stereocenters. The van der Waals surface area contributed by atoms with Crippen LogP contribution in [0.25, 0.3) is 5.78 Å². The van der Waals surface area contributed by atoms with Gasteiger partial charge in [-0.15, -0.1) is 11.3 Å². The summed E-state index contributed by atoms with van der Waals surface area (Å²) in [4.78, 5) is 22.8. The summed E-state index contributed by atoms with van der Waals surface area (Å²) in [6.45, 7) is 8.41. The van der Waals surface area contributed by atoms with Crippen LogP contribution < -0.4 is 5.32 Å². The first-order valence-electron chi connectivity index (χ1n) is 11.0. The fraction of sp³-hybridized carbons (Fsp3) is 0.360. The molecule has 0 aliphatic rings. The number of benzene rings is 1. The number of thiophene rings is 1. The Hall–Kier alpha value is -3.06.